The van der Waals surface area contributed by atoms with Gasteiger partial charge in [0.15, 0.2) is 0 Å². The fourth-order valence-electron chi connectivity index (χ4n) is 2.11. The van der Waals surface area contributed by atoms with Crippen molar-refractivity contribution in [2.75, 3.05) is 6.26 Å². The van der Waals surface area contributed by atoms with Crippen molar-refractivity contribution in [3.05, 3.63) is 58.6 Å². The third-order valence-corrected chi connectivity index (χ3v) is 4.29. The lowest BCUT2D eigenvalue weighted by molar-refractivity contribution is 1.45. The minimum Gasteiger partial charge on any atom is -0.250 e. The SMILES string of the molecule is CSC1=Nc2ccccc2N=C(c2cccc(Br)c2)C1. The molecule has 0 amide bonds. The number of nitrogens with zero attached hydrogens (tertiary/aromatic N) is 2. The molecule has 3 rings (SSSR count). The third kappa shape index (κ3) is 2.86. The van der Waals surface area contributed by atoms with Gasteiger partial charge in [-0.25, -0.2) is 4.99 Å². The summed E-state index contributed by atoms with van der Waals surface area (Å²) >= 11 is 5.20. The van der Waals surface area contributed by atoms with Crippen LogP contribution in [0.3, 0.4) is 0 Å². The Bertz CT molecular complexity index is 707. The number of thioether (sulfide) groups is 1. The quantitative estimate of drug-likeness (QED) is 0.682. The topological polar surface area (TPSA) is 24.7 Å². The van der Waals surface area contributed by atoms with E-state index >= 15 is 0 Å². The van der Waals surface area contributed by atoms with Gasteiger partial charge in [-0.15, -0.1) is 11.8 Å². The second kappa shape index (κ2) is 5.94. The van der Waals surface area contributed by atoms with E-state index in [1.54, 1.807) is 11.8 Å². The maximum Gasteiger partial charge on any atom is 0.0896 e. The highest BCUT2D eigenvalue weighted by Gasteiger charge is 2.14. The van der Waals surface area contributed by atoms with E-state index in [9.17, 15) is 0 Å². The molecule has 0 bridgehead atoms. The van der Waals surface area contributed by atoms with Gasteiger partial charge in [0.05, 0.1) is 22.1 Å². The van der Waals surface area contributed by atoms with Crippen LogP contribution in [0.25, 0.3) is 0 Å². The Morgan fingerprint density at radius 3 is 2.45 bits per heavy atom. The van der Waals surface area contributed by atoms with Crippen molar-refractivity contribution in [3.8, 4) is 0 Å². The lowest BCUT2D eigenvalue weighted by Gasteiger charge is -2.06. The molecule has 2 aromatic rings. The molecule has 20 heavy (non-hydrogen) atoms. The zero-order valence-electron chi connectivity index (χ0n) is 11.0. The van der Waals surface area contributed by atoms with Crippen molar-refractivity contribution in [1.82, 2.24) is 0 Å². The fraction of sp³-hybridized carbons (Fsp3) is 0.125. The summed E-state index contributed by atoms with van der Waals surface area (Å²) in [7, 11) is 0. The summed E-state index contributed by atoms with van der Waals surface area (Å²) in [6.07, 6.45) is 2.83. The minimum atomic E-state index is 0.770. The van der Waals surface area contributed by atoms with Crippen molar-refractivity contribution in [2.45, 2.75) is 6.42 Å². The van der Waals surface area contributed by atoms with Crippen LogP contribution in [-0.4, -0.2) is 17.0 Å². The molecule has 100 valence electrons. The Morgan fingerprint density at radius 2 is 1.75 bits per heavy atom. The maximum absolute atomic E-state index is 4.82. The van der Waals surface area contributed by atoms with Crippen LogP contribution >= 0.6 is 27.7 Å². The normalized spacial score (nSPS) is 14.1. The Hall–Kier alpha value is -1.39. The van der Waals surface area contributed by atoms with Gasteiger partial charge in [-0.1, -0.05) is 40.2 Å². The predicted octanol–water partition coefficient (Wildman–Crippen LogP) is 5.37. The Balaban J connectivity index is 2.13. The van der Waals surface area contributed by atoms with Crippen molar-refractivity contribution >= 4 is 49.8 Å². The van der Waals surface area contributed by atoms with Crippen molar-refractivity contribution in [2.24, 2.45) is 9.98 Å². The highest BCUT2D eigenvalue weighted by atomic mass is 79.9. The summed E-state index contributed by atoms with van der Waals surface area (Å²) in [6, 6.07) is 16.3. The van der Waals surface area contributed by atoms with Crippen LogP contribution in [0.1, 0.15) is 12.0 Å². The highest BCUT2D eigenvalue weighted by molar-refractivity contribution is 9.10. The Morgan fingerprint density at radius 1 is 1.00 bits per heavy atom. The van der Waals surface area contributed by atoms with E-state index in [2.05, 4.69) is 34.3 Å². The number of hydrogen-bond donors (Lipinski definition) is 0. The molecular formula is C16H13BrN2S. The molecule has 1 aliphatic heterocycles. The zero-order valence-corrected chi connectivity index (χ0v) is 13.4. The molecule has 0 fully saturated rings. The Labute approximate surface area is 131 Å². The molecular weight excluding hydrogens is 332 g/mol. The van der Waals surface area contributed by atoms with Crippen LogP contribution < -0.4 is 0 Å². The molecule has 0 atom stereocenters. The number of hydrogen-bond acceptors (Lipinski definition) is 3. The summed E-state index contributed by atoms with van der Waals surface area (Å²) < 4.78 is 1.07. The average Bonchev–Trinajstić information content (AvgIpc) is 2.66. The molecule has 2 aromatic carbocycles. The van der Waals surface area contributed by atoms with E-state index in [1.807, 2.05) is 36.4 Å². The molecule has 2 nitrogen and oxygen atoms in total. The zero-order chi connectivity index (χ0) is 13.9. The van der Waals surface area contributed by atoms with E-state index < -0.39 is 0 Å². The standard InChI is InChI=1S/C16H13BrN2S/c1-20-16-10-15(11-5-4-6-12(17)9-11)18-13-7-2-3-8-14(13)19-16/h2-9H,10H2,1H3. The fourth-order valence-corrected chi connectivity index (χ4v) is 2.98. The van der Waals surface area contributed by atoms with Crippen LogP contribution in [0.4, 0.5) is 11.4 Å². The number of para-hydroxylation sites is 2. The maximum atomic E-state index is 4.82. The molecule has 0 radical (unpaired) electrons. The molecule has 0 aliphatic carbocycles. The van der Waals surface area contributed by atoms with Crippen molar-refractivity contribution in [1.29, 1.82) is 0 Å². The second-order valence-corrected chi connectivity index (χ2v) is 6.24. The number of halogens is 1. The van der Waals surface area contributed by atoms with E-state index in [0.29, 0.717) is 0 Å². The first-order chi connectivity index (χ1) is 9.76. The molecule has 0 N–H and O–H groups in total. The number of fused-ring (bicyclic) bond motifs is 1. The van der Waals surface area contributed by atoms with E-state index in [0.717, 1.165) is 38.6 Å². The number of rotatable bonds is 1. The molecule has 4 heteroatoms. The van der Waals surface area contributed by atoms with Gasteiger partial charge >= 0.3 is 0 Å². The average molecular weight is 345 g/mol. The van der Waals surface area contributed by atoms with Crippen molar-refractivity contribution in [3.63, 3.8) is 0 Å². The van der Waals surface area contributed by atoms with Gasteiger partial charge < -0.3 is 0 Å². The van der Waals surface area contributed by atoms with E-state index in [4.69, 9.17) is 9.98 Å². The van der Waals surface area contributed by atoms with Crippen molar-refractivity contribution < 1.29 is 0 Å². The van der Waals surface area contributed by atoms with Crippen LogP contribution in [-0.2, 0) is 0 Å². The molecule has 0 saturated heterocycles. The minimum absolute atomic E-state index is 0.770. The number of aliphatic imine (C=N–C) groups is 2. The van der Waals surface area contributed by atoms with Crippen LogP contribution in [0.15, 0.2) is 63.0 Å². The van der Waals surface area contributed by atoms with E-state index in [-0.39, 0.29) is 0 Å². The number of benzene rings is 2. The van der Waals surface area contributed by atoms with Gasteiger partial charge in [-0.05, 0) is 36.1 Å². The van der Waals surface area contributed by atoms with E-state index in [1.165, 1.54) is 0 Å². The highest BCUT2D eigenvalue weighted by Crippen LogP contribution is 2.33. The van der Waals surface area contributed by atoms with Gasteiger partial charge in [-0.2, -0.15) is 0 Å². The molecule has 0 unspecified atom stereocenters. The first-order valence-corrected chi connectivity index (χ1v) is 8.32. The summed E-state index contributed by atoms with van der Waals surface area (Å²) in [5.41, 5.74) is 4.08. The van der Waals surface area contributed by atoms with Crippen LogP contribution in [0.5, 0.6) is 0 Å². The van der Waals surface area contributed by atoms with Gasteiger partial charge in [0.2, 0.25) is 0 Å². The van der Waals surface area contributed by atoms with Crippen LogP contribution in [0.2, 0.25) is 0 Å². The molecule has 0 aromatic heterocycles. The molecule has 0 spiro atoms. The molecule has 1 heterocycles. The lowest BCUT2D eigenvalue weighted by atomic mass is 10.1. The smallest absolute Gasteiger partial charge is 0.0896 e. The second-order valence-electron chi connectivity index (χ2n) is 4.44. The summed E-state index contributed by atoms with van der Waals surface area (Å²) in [5, 5.41) is 1.09. The lowest BCUT2D eigenvalue weighted by Crippen LogP contribution is -2.05. The largest absolute Gasteiger partial charge is 0.250 e. The summed E-state index contributed by atoms with van der Waals surface area (Å²) in [4.78, 5) is 9.53. The van der Waals surface area contributed by atoms with Gasteiger partial charge in [0.1, 0.15) is 0 Å². The van der Waals surface area contributed by atoms with Crippen LogP contribution in [0, 0.1) is 0 Å². The van der Waals surface area contributed by atoms with Gasteiger partial charge in [0.25, 0.3) is 0 Å². The third-order valence-electron chi connectivity index (χ3n) is 3.09. The first kappa shape index (κ1) is 13.6. The summed E-state index contributed by atoms with van der Waals surface area (Å²) in [5.74, 6) is 0. The molecule has 1 aliphatic rings. The Kier molecular flexibility index (Phi) is 4.03. The summed E-state index contributed by atoms with van der Waals surface area (Å²) in [6.45, 7) is 0. The molecule has 0 saturated carbocycles. The van der Waals surface area contributed by atoms with Gasteiger partial charge in [-0.3, -0.25) is 4.99 Å². The predicted molar refractivity (Wildman–Crippen MR) is 92.0 cm³/mol. The van der Waals surface area contributed by atoms with Gasteiger partial charge in [0, 0.05) is 10.9 Å². The first-order valence-electron chi connectivity index (χ1n) is 6.30. The monoisotopic (exact) mass is 344 g/mol.